The molecule has 0 aromatic rings. The molecular formula is C21H27BrNO5+. The summed E-state index contributed by atoms with van der Waals surface area (Å²) in [7, 11) is 2.14. The number of rotatable bonds is 2. The number of likely N-dealkylation sites (N-methyl/N-ethyl adjacent to an activating group) is 1. The first-order valence-corrected chi connectivity index (χ1v) is 9.98. The van der Waals surface area contributed by atoms with E-state index in [1.165, 1.54) is 18.9 Å². The molecule has 7 heteroatoms. The summed E-state index contributed by atoms with van der Waals surface area (Å²) in [6, 6.07) is -0.286. The number of piperidine rings is 1. The van der Waals surface area contributed by atoms with E-state index in [1.807, 2.05) is 6.08 Å². The van der Waals surface area contributed by atoms with Crippen LogP contribution < -0.4 is 0 Å². The quantitative estimate of drug-likeness (QED) is 0.479. The van der Waals surface area contributed by atoms with Gasteiger partial charge in [-0.05, 0) is 37.0 Å². The summed E-state index contributed by atoms with van der Waals surface area (Å²) in [5, 5.41) is 23.0. The first-order valence-electron chi connectivity index (χ1n) is 9.98. The normalized spacial score (nSPS) is 47.0. The fourth-order valence-electron chi connectivity index (χ4n) is 6.55. The summed E-state index contributed by atoms with van der Waals surface area (Å²) >= 11 is 0. The molecule has 152 valence electrons. The van der Waals surface area contributed by atoms with E-state index in [2.05, 4.69) is 7.05 Å². The van der Waals surface area contributed by atoms with Crippen LogP contribution in [0.4, 0.5) is 0 Å². The van der Waals surface area contributed by atoms with E-state index in [4.69, 9.17) is 0 Å². The lowest BCUT2D eigenvalue weighted by Gasteiger charge is -2.66. The molecule has 0 aromatic carbocycles. The Morgan fingerprint density at radius 2 is 1.89 bits per heavy atom. The number of halogens is 1. The van der Waals surface area contributed by atoms with E-state index < -0.39 is 34.6 Å². The van der Waals surface area contributed by atoms with Crippen molar-refractivity contribution in [2.24, 2.45) is 17.3 Å². The summed E-state index contributed by atoms with van der Waals surface area (Å²) in [4.78, 5) is 37.5. The first kappa shape index (κ1) is 20.1. The maximum Gasteiger partial charge on any atom is 0.222 e. The molecule has 6 atom stereocenters. The second-order valence-electron chi connectivity index (χ2n) is 9.52. The molecule has 3 fully saturated rings. The average Bonchev–Trinajstić information content (AvgIpc) is 3.43. The highest BCUT2D eigenvalue weighted by atomic mass is 79.9. The number of aliphatic hydroxyl groups is 2. The number of allylic oxidation sites excluding steroid dienone is 3. The van der Waals surface area contributed by atoms with E-state index in [-0.39, 0.29) is 41.6 Å². The van der Waals surface area contributed by atoms with Gasteiger partial charge in [-0.1, -0.05) is 6.08 Å². The van der Waals surface area contributed by atoms with Crippen LogP contribution in [0.1, 0.15) is 32.1 Å². The Kier molecular flexibility index (Phi) is 4.44. The summed E-state index contributed by atoms with van der Waals surface area (Å²) in [5.41, 5.74) is -1.98. The zero-order valence-electron chi connectivity index (χ0n) is 16.0. The van der Waals surface area contributed by atoms with E-state index in [0.717, 1.165) is 6.54 Å². The maximum atomic E-state index is 12.9. The van der Waals surface area contributed by atoms with E-state index in [1.54, 1.807) is 6.08 Å². The van der Waals surface area contributed by atoms with Gasteiger partial charge >= 0.3 is 0 Å². The van der Waals surface area contributed by atoms with Gasteiger partial charge in [-0.2, -0.15) is 0 Å². The van der Waals surface area contributed by atoms with Gasteiger partial charge in [0.25, 0.3) is 0 Å². The van der Waals surface area contributed by atoms with E-state index >= 15 is 0 Å². The fourth-order valence-corrected chi connectivity index (χ4v) is 6.55. The van der Waals surface area contributed by atoms with Crippen LogP contribution in [0.15, 0.2) is 23.8 Å². The predicted molar refractivity (Wildman–Crippen MR) is 106 cm³/mol. The molecule has 0 radical (unpaired) electrons. The zero-order chi connectivity index (χ0) is 19.2. The minimum atomic E-state index is -1.41. The minimum Gasteiger partial charge on any atom is -0.385 e. The van der Waals surface area contributed by atoms with Crippen molar-refractivity contribution in [2.45, 2.75) is 49.9 Å². The van der Waals surface area contributed by atoms with Crippen molar-refractivity contribution in [1.29, 1.82) is 0 Å². The molecule has 4 unspecified atom stereocenters. The van der Waals surface area contributed by atoms with Gasteiger partial charge in [0.2, 0.25) is 11.6 Å². The molecule has 1 heterocycles. The van der Waals surface area contributed by atoms with Crippen LogP contribution in [-0.4, -0.2) is 69.9 Å². The fraction of sp³-hybridized carbons (Fsp3) is 0.667. The van der Waals surface area contributed by atoms with Crippen molar-refractivity contribution in [2.75, 3.05) is 20.1 Å². The zero-order valence-corrected chi connectivity index (χ0v) is 17.7. The number of ketones is 3. The predicted octanol–water partition coefficient (Wildman–Crippen LogP) is 0.899. The van der Waals surface area contributed by atoms with Crippen molar-refractivity contribution in [3.8, 4) is 0 Å². The number of Topliss-reactive ketones (excluding diaryl/α,β-unsaturated/α-hetero) is 2. The third kappa shape index (κ3) is 2.33. The molecule has 5 rings (SSSR count). The van der Waals surface area contributed by atoms with Crippen molar-refractivity contribution in [3.05, 3.63) is 23.8 Å². The number of carbonyl (C=O) groups is 3. The summed E-state index contributed by atoms with van der Waals surface area (Å²) in [6.07, 6.45) is 6.61. The highest BCUT2D eigenvalue weighted by molar-refractivity contribution is 8.93. The molecule has 4 aliphatic carbocycles. The molecule has 2 bridgehead atoms. The van der Waals surface area contributed by atoms with E-state index in [0.29, 0.717) is 28.9 Å². The Bertz CT molecular complexity index is 833. The molecule has 2 saturated carbocycles. The third-order valence-electron chi connectivity index (χ3n) is 8.05. The molecular weight excluding hydrogens is 426 g/mol. The number of hydrogen-bond acceptors (Lipinski definition) is 5. The standard InChI is InChI=1S/C21H26NO5.BrH/c1-22(11-12-2-3-12)9-8-20-17-13(4-5-14(23)18(17)25)10-16(22)21(20,27)7-6-15(24)19(20)26;/h4-5,10,12,16-17,19,26-27H,2-3,6-9,11H2,1H3;1H/q+1;/t16-,17?,19?,20?,21-,22?;/m1./s1. The van der Waals surface area contributed by atoms with Crippen molar-refractivity contribution >= 4 is 34.3 Å². The number of aliphatic hydroxyl groups excluding tert-OH is 1. The van der Waals surface area contributed by atoms with Crippen LogP contribution in [0.2, 0.25) is 0 Å². The Balaban J connectivity index is 0.00000192. The number of nitrogens with zero attached hydrogens (tertiary/aromatic N) is 1. The minimum absolute atomic E-state index is 0. The molecule has 28 heavy (non-hydrogen) atoms. The SMILES string of the molecule is Br.C[N+]1(CC2CC2)CCC23C(O)C(=O)CC[C@@]2(O)[C@H]1C=C1C=CC(=O)C(=O)C13. The molecule has 1 aliphatic heterocycles. The van der Waals surface area contributed by atoms with E-state index in [9.17, 15) is 24.6 Å². The van der Waals surface area contributed by atoms with Crippen LogP contribution in [-0.2, 0) is 14.4 Å². The van der Waals surface area contributed by atoms with Gasteiger partial charge in [-0.25, -0.2) is 0 Å². The van der Waals surface area contributed by atoms with Gasteiger partial charge in [0.15, 0.2) is 5.78 Å². The van der Waals surface area contributed by atoms with Crippen molar-refractivity contribution in [3.63, 3.8) is 0 Å². The summed E-state index contributed by atoms with van der Waals surface area (Å²) < 4.78 is 0.663. The molecule has 2 N–H and O–H groups in total. The highest BCUT2D eigenvalue weighted by Crippen LogP contribution is 2.62. The lowest BCUT2D eigenvalue weighted by molar-refractivity contribution is -0.945. The van der Waals surface area contributed by atoms with Gasteiger partial charge in [-0.15, -0.1) is 17.0 Å². The van der Waals surface area contributed by atoms with Crippen LogP contribution in [0.5, 0.6) is 0 Å². The molecule has 0 spiro atoms. The van der Waals surface area contributed by atoms with Gasteiger partial charge in [0.05, 0.1) is 31.5 Å². The van der Waals surface area contributed by atoms with Gasteiger partial charge < -0.3 is 14.7 Å². The second kappa shape index (κ2) is 6.17. The maximum absolute atomic E-state index is 12.9. The molecule has 6 nitrogen and oxygen atoms in total. The summed E-state index contributed by atoms with van der Waals surface area (Å²) in [5.74, 6) is -1.81. The number of likely N-dealkylation sites (tertiary alicyclic amines) is 1. The van der Waals surface area contributed by atoms with Gasteiger partial charge in [0.1, 0.15) is 17.7 Å². The Labute approximate surface area is 174 Å². The lowest BCUT2D eigenvalue weighted by atomic mass is 9.44. The average molecular weight is 453 g/mol. The number of carbonyl (C=O) groups excluding carboxylic acids is 3. The number of fused-ring (bicyclic) bond motifs is 1. The van der Waals surface area contributed by atoms with Crippen molar-refractivity contribution in [1.82, 2.24) is 0 Å². The number of quaternary nitrogens is 1. The lowest BCUT2D eigenvalue weighted by Crippen LogP contribution is -2.81. The van der Waals surface area contributed by atoms with Crippen LogP contribution in [0, 0.1) is 17.3 Å². The smallest absolute Gasteiger partial charge is 0.222 e. The highest BCUT2D eigenvalue weighted by Gasteiger charge is 2.75. The second-order valence-corrected chi connectivity index (χ2v) is 9.52. The Hall–Kier alpha value is -1.15. The Morgan fingerprint density at radius 1 is 1.18 bits per heavy atom. The largest absolute Gasteiger partial charge is 0.385 e. The van der Waals surface area contributed by atoms with Gasteiger partial charge in [0, 0.05) is 18.8 Å². The first-order chi connectivity index (χ1) is 12.7. The monoisotopic (exact) mass is 452 g/mol. The van der Waals surface area contributed by atoms with Gasteiger partial charge in [-0.3, -0.25) is 14.4 Å². The molecule has 5 aliphatic rings. The molecule has 0 amide bonds. The topological polar surface area (TPSA) is 91.7 Å². The third-order valence-corrected chi connectivity index (χ3v) is 8.05. The Morgan fingerprint density at radius 3 is 2.57 bits per heavy atom. The van der Waals surface area contributed by atoms with Crippen molar-refractivity contribution < 1.29 is 29.1 Å². The van der Waals surface area contributed by atoms with Crippen LogP contribution in [0.25, 0.3) is 0 Å². The molecule has 0 aromatic heterocycles. The number of hydrogen-bond donors (Lipinski definition) is 2. The summed E-state index contributed by atoms with van der Waals surface area (Å²) in [6.45, 7) is 1.64. The molecule has 1 saturated heterocycles. The van der Waals surface area contributed by atoms with Crippen LogP contribution >= 0.6 is 17.0 Å². The van der Waals surface area contributed by atoms with Crippen LogP contribution in [0.3, 0.4) is 0 Å².